The molecule has 1 fully saturated rings. The van der Waals surface area contributed by atoms with Gasteiger partial charge in [-0.2, -0.15) is 0 Å². The molecule has 3 atom stereocenters. The predicted molar refractivity (Wildman–Crippen MR) is 72.2 cm³/mol. The van der Waals surface area contributed by atoms with Crippen molar-refractivity contribution in [1.29, 1.82) is 0 Å². The molecule has 0 aliphatic heterocycles. The average molecular weight is 267 g/mol. The van der Waals surface area contributed by atoms with Gasteiger partial charge in [-0.05, 0) is 36.5 Å². The molecule has 19 heavy (non-hydrogen) atoms. The molecule has 0 spiro atoms. The summed E-state index contributed by atoms with van der Waals surface area (Å²) in [5.74, 6) is -0.0593. The number of aliphatic hydroxyl groups is 2. The molecular weight excluding hydrogens is 245 g/mol. The van der Waals surface area contributed by atoms with Crippen LogP contribution in [0.2, 0.25) is 0 Å². The Balaban J connectivity index is 1.87. The minimum atomic E-state index is -0.711. The fourth-order valence-corrected chi connectivity index (χ4v) is 2.79. The van der Waals surface area contributed by atoms with E-state index in [0.29, 0.717) is 12.1 Å². The van der Waals surface area contributed by atoms with Gasteiger partial charge < -0.3 is 15.5 Å². The van der Waals surface area contributed by atoms with Crippen molar-refractivity contribution >= 4 is 0 Å². The highest BCUT2D eigenvalue weighted by atomic mass is 19.1. The summed E-state index contributed by atoms with van der Waals surface area (Å²) in [4.78, 5) is 0. The van der Waals surface area contributed by atoms with Gasteiger partial charge in [0, 0.05) is 19.2 Å². The molecule has 1 saturated carbocycles. The molecule has 0 radical (unpaired) electrons. The minimum absolute atomic E-state index is 0.188. The van der Waals surface area contributed by atoms with E-state index in [-0.39, 0.29) is 24.4 Å². The lowest BCUT2D eigenvalue weighted by molar-refractivity contribution is 0.127. The Labute approximate surface area is 113 Å². The van der Waals surface area contributed by atoms with Crippen molar-refractivity contribution in [3.05, 3.63) is 35.6 Å². The molecule has 3 unspecified atom stereocenters. The molecule has 0 saturated heterocycles. The van der Waals surface area contributed by atoms with Crippen LogP contribution in [0.3, 0.4) is 0 Å². The first-order chi connectivity index (χ1) is 9.20. The molecule has 3 nitrogen and oxygen atoms in total. The number of hydrogen-bond donors (Lipinski definition) is 3. The Morgan fingerprint density at radius 1 is 1.32 bits per heavy atom. The second kappa shape index (κ2) is 6.98. The quantitative estimate of drug-likeness (QED) is 0.765. The Morgan fingerprint density at radius 3 is 2.84 bits per heavy atom. The second-order valence-corrected chi connectivity index (χ2v) is 5.31. The van der Waals surface area contributed by atoms with Crippen LogP contribution >= 0.6 is 0 Å². The highest BCUT2D eigenvalue weighted by molar-refractivity contribution is 5.19. The maximum atomic E-state index is 13.1. The van der Waals surface area contributed by atoms with Gasteiger partial charge in [0.25, 0.3) is 0 Å². The fourth-order valence-electron chi connectivity index (χ4n) is 2.79. The summed E-state index contributed by atoms with van der Waals surface area (Å²) < 4.78 is 13.1. The first-order valence-electron chi connectivity index (χ1n) is 6.98. The van der Waals surface area contributed by atoms with Gasteiger partial charge in [0.1, 0.15) is 5.82 Å². The first-order valence-corrected chi connectivity index (χ1v) is 6.98. The van der Waals surface area contributed by atoms with E-state index >= 15 is 0 Å². The van der Waals surface area contributed by atoms with Crippen molar-refractivity contribution in [3.63, 3.8) is 0 Å². The smallest absolute Gasteiger partial charge is 0.123 e. The molecule has 0 bridgehead atoms. The predicted octanol–water partition coefficient (Wildman–Crippen LogP) is 2.00. The van der Waals surface area contributed by atoms with Gasteiger partial charge in [0.15, 0.2) is 0 Å². The summed E-state index contributed by atoms with van der Waals surface area (Å²) >= 11 is 0. The third-order valence-corrected chi connectivity index (χ3v) is 3.95. The lowest BCUT2D eigenvalue weighted by Crippen LogP contribution is -2.41. The van der Waals surface area contributed by atoms with Crippen molar-refractivity contribution in [1.82, 2.24) is 5.32 Å². The van der Waals surface area contributed by atoms with Gasteiger partial charge in [-0.3, -0.25) is 0 Å². The number of aliphatic hydroxyl groups excluding tert-OH is 2. The zero-order chi connectivity index (χ0) is 13.7. The molecular formula is C15H22FNO2. The van der Waals surface area contributed by atoms with E-state index < -0.39 is 6.10 Å². The van der Waals surface area contributed by atoms with Crippen LogP contribution in [-0.4, -0.2) is 29.4 Å². The van der Waals surface area contributed by atoms with Gasteiger partial charge in [-0.25, -0.2) is 4.39 Å². The zero-order valence-electron chi connectivity index (χ0n) is 11.1. The molecule has 1 aromatic rings. The van der Waals surface area contributed by atoms with Crippen LogP contribution < -0.4 is 5.32 Å². The summed E-state index contributed by atoms with van der Waals surface area (Å²) in [6.45, 7) is 0.582. The van der Waals surface area contributed by atoms with Crippen molar-refractivity contribution in [2.75, 3.05) is 13.2 Å². The maximum Gasteiger partial charge on any atom is 0.123 e. The van der Waals surface area contributed by atoms with Crippen molar-refractivity contribution in [3.8, 4) is 0 Å². The molecule has 2 rings (SSSR count). The van der Waals surface area contributed by atoms with Crippen LogP contribution in [0, 0.1) is 11.7 Å². The lowest BCUT2D eigenvalue weighted by atomic mass is 9.85. The summed E-state index contributed by atoms with van der Waals surface area (Å²) in [6.07, 6.45) is 3.67. The molecule has 0 aromatic heterocycles. The lowest BCUT2D eigenvalue weighted by Gasteiger charge is -2.31. The first kappa shape index (κ1) is 14.4. The average Bonchev–Trinajstić information content (AvgIpc) is 2.45. The molecule has 0 amide bonds. The Bertz CT molecular complexity index is 399. The van der Waals surface area contributed by atoms with Crippen molar-refractivity contribution in [2.45, 2.75) is 37.8 Å². The van der Waals surface area contributed by atoms with Gasteiger partial charge in [-0.15, -0.1) is 0 Å². The number of nitrogens with one attached hydrogen (secondary N) is 1. The van der Waals surface area contributed by atoms with Crippen LogP contribution in [0.4, 0.5) is 4.39 Å². The van der Waals surface area contributed by atoms with Crippen molar-refractivity contribution < 1.29 is 14.6 Å². The number of hydrogen-bond acceptors (Lipinski definition) is 3. The van der Waals surface area contributed by atoms with Gasteiger partial charge in [0.2, 0.25) is 0 Å². The molecule has 1 aromatic carbocycles. The standard InChI is InChI=1S/C15H22FNO2/c16-13-6-3-5-11(8-13)15(19)9-17-14-7-2-1-4-12(14)10-18/h3,5-6,8,12,14-15,17-19H,1-2,4,7,9-10H2. The van der Waals surface area contributed by atoms with Crippen LogP contribution in [-0.2, 0) is 0 Å². The van der Waals surface area contributed by atoms with E-state index in [0.717, 1.165) is 25.7 Å². The maximum absolute atomic E-state index is 13.1. The van der Waals surface area contributed by atoms with E-state index in [1.54, 1.807) is 12.1 Å². The molecule has 106 valence electrons. The van der Waals surface area contributed by atoms with Gasteiger partial charge >= 0.3 is 0 Å². The topological polar surface area (TPSA) is 52.5 Å². The van der Waals surface area contributed by atoms with Crippen molar-refractivity contribution in [2.24, 2.45) is 5.92 Å². The van der Waals surface area contributed by atoms with Gasteiger partial charge in [-0.1, -0.05) is 25.0 Å². The third kappa shape index (κ3) is 4.00. The molecule has 0 heterocycles. The summed E-state index contributed by atoms with van der Waals surface area (Å²) in [5, 5.41) is 22.7. The monoisotopic (exact) mass is 267 g/mol. The van der Waals surface area contributed by atoms with E-state index in [1.807, 2.05) is 0 Å². The summed E-state index contributed by atoms with van der Waals surface area (Å²) in [6, 6.07) is 6.30. The highest BCUT2D eigenvalue weighted by Gasteiger charge is 2.24. The minimum Gasteiger partial charge on any atom is -0.396 e. The van der Waals surface area contributed by atoms with E-state index in [1.165, 1.54) is 12.1 Å². The molecule has 3 N–H and O–H groups in total. The van der Waals surface area contributed by atoms with Gasteiger partial charge in [0.05, 0.1) is 6.10 Å². The Hall–Kier alpha value is -0.970. The van der Waals surface area contributed by atoms with E-state index in [9.17, 15) is 14.6 Å². The summed E-state index contributed by atoms with van der Waals surface area (Å²) in [5.41, 5.74) is 0.587. The van der Waals surface area contributed by atoms with E-state index in [4.69, 9.17) is 0 Å². The number of halogens is 1. The third-order valence-electron chi connectivity index (χ3n) is 3.95. The Morgan fingerprint density at radius 2 is 2.11 bits per heavy atom. The highest BCUT2D eigenvalue weighted by Crippen LogP contribution is 2.24. The number of rotatable bonds is 5. The normalized spacial score (nSPS) is 25.2. The van der Waals surface area contributed by atoms with Crippen LogP contribution in [0.1, 0.15) is 37.4 Å². The summed E-state index contributed by atoms with van der Waals surface area (Å²) in [7, 11) is 0. The fraction of sp³-hybridized carbons (Fsp3) is 0.600. The van der Waals surface area contributed by atoms with Crippen LogP contribution in [0.5, 0.6) is 0 Å². The van der Waals surface area contributed by atoms with Crippen LogP contribution in [0.25, 0.3) is 0 Å². The number of benzene rings is 1. The largest absolute Gasteiger partial charge is 0.396 e. The SMILES string of the molecule is OCC1CCCCC1NCC(O)c1cccc(F)c1. The molecule has 4 heteroatoms. The Kier molecular flexibility index (Phi) is 5.31. The molecule has 1 aliphatic carbocycles. The second-order valence-electron chi connectivity index (χ2n) is 5.31. The zero-order valence-corrected chi connectivity index (χ0v) is 11.1. The van der Waals surface area contributed by atoms with Crippen LogP contribution in [0.15, 0.2) is 24.3 Å². The molecule has 1 aliphatic rings. The van der Waals surface area contributed by atoms with E-state index in [2.05, 4.69) is 5.32 Å².